The molecule has 3 rings (SSSR count). The molecule has 2 N–H and O–H groups in total. The highest BCUT2D eigenvalue weighted by Gasteiger charge is 2.15. The Morgan fingerprint density at radius 1 is 0.920 bits per heavy atom. The number of nitrogens with one attached hydrogen (secondary N) is 2. The molecule has 0 aliphatic heterocycles. The molecule has 0 saturated heterocycles. The van der Waals surface area contributed by atoms with E-state index in [2.05, 4.69) is 10.3 Å². The van der Waals surface area contributed by atoms with E-state index in [-0.39, 0.29) is 11.3 Å². The van der Waals surface area contributed by atoms with Crippen molar-refractivity contribution in [2.24, 2.45) is 0 Å². The quantitative estimate of drug-likeness (QED) is 0.674. The van der Waals surface area contributed by atoms with Crippen molar-refractivity contribution < 1.29 is 13.2 Å². The maximum atomic E-state index is 12.1. The van der Waals surface area contributed by atoms with E-state index in [1.807, 2.05) is 42.5 Å². The molecular formula is C18H15ClN2O3S. The molecular weight excluding hydrogens is 360 g/mol. The van der Waals surface area contributed by atoms with E-state index in [1.165, 1.54) is 24.3 Å². The zero-order valence-corrected chi connectivity index (χ0v) is 14.6. The fourth-order valence-electron chi connectivity index (χ4n) is 2.46. The van der Waals surface area contributed by atoms with Crippen LogP contribution in [0.15, 0.2) is 71.6 Å². The highest BCUT2D eigenvalue weighted by molar-refractivity contribution is 7.89. The van der Waals surface area contributed by atoms with Crippen molar-refractivity contribution in [1.29, 1.82) is 0 Å². The number of hydrazine groups is 1. The third-order valence-electron chi connectivity index (χ3n) is 3.68. The summed E-state index contributed by atoms with van der Waals surface area (Å²) in [5.41, 5.74) is 3.06. The van der Waals surface area contributed by atoms with Gasteiger partial charge >= 0.3 is 0 Å². The number of halogens is 1. The zero-order valence-electron chi connectivity index (χ0n) is 13.1. The molecule has 0 radical (unpaired) electrons. The molecule has 0 aliphatic carbocycles. The maximum Gasteiger partial charge on any atom is 0.257 e. The van der Waals surface area contributed by atoms with Crippen LogP contribution in [0.3, 0.4) is 0 Å². The summed E-state index contributed by atoms with van der Waals surface area (Å²) in [4.78, 5) is 14.2. The third-order valence-corrected chi connectivity index (χ3v) is 5.20. The first kappa shape index (κ1) is 17.4. The largest absolute Gasteiger partial charge is 0.277 e. The molecule has 3 aromatic carbocycles. The van der Waals surface area contributed by atoms with Gasteiger partial charge in [0.15, 0.2) is 0 Å². The van der Waals surface area contributed by atoms with Gasteiger partial charge in [-0.25, -0.2) is 8.42 Å². The molecule has 3 aromatic rings. The Morgan fingerprint density at radius 3 is 2.36 bits per heavy atom. The minimum atomic E-state index is -3.85. The first-order valence-electron chi connectivity index (χ1n) is 7.48. The summed E-state index contributed by atoms with van der Waals surface area (Å²) in [7, 11) is -3.85. The summed E-state index contributed by atoms with van der Waals surface area (Å²) < 4.78 is 24.3. The van der Waals surface area contributed by atoms with Crippen molar-refractivity contribution in [3.63, 3.8) is 0 Å². The van der Waals surface area contributed by atoms with Gasteiger partial charge in [0, 0.05) is 5.02 Å². The van der Waals surface area contributed by atoms with Crippen LogP contribution in [0.1, 0.15) is 5.56 Å². The summed E-state index contributed by atoms with van der Waals surface area (Å²) in [6.45, 7) is 0. The van der Waals surface area contributed by atoms with Crippen molar-refractivity contribution in [3.8, 4) is 0 Å². The predicted molar refractivity (Wildman–Crippen MR) is 97.6 cm³/mol. The number of hydrogen-bond acceptors (Lipinski definition) is 3. The fourth-order valence-corrected chi connectivity index (χ4v) is 3.45. The summed E-state index contributed by atoms with van der Waals surface area (Å²) in [6.07, 6.45) is 0.0600. The van der Waals surface area contributed by atoms with Gasteiger partial charge in [0.25, 0.3) is 10.0 Å². The van der Waals surface area contributed by atoms with E-state index in [0.29, 0.717) is 5.02 Å². The second-order valence-corrected chi connectivity index (χ2v) is 7.54. The number of carbonyl (C=O) groups excluding carboxylic acids is 1. The van der Waals surface area contributed by atoms with E-state index in [0.717, 1.165) is 16.3 Å². The monoisotopic (exact) mass is 374 g/mol. The summed E-state index contributed by atoms with van der Waals surface area (Å²) in [6, 6.07) is 19.0. The molecule has 0 spiro atoms. The molecule has 7 heteroatoms. The molecule has 0 bridgehead atoms. The fraction of sp³-hybridized carbons (Fsp3) is 0.0556. The molecule has 5 nitrogen and oxygen atoms in total. The minimum absolute atomic E-state index is 0.0161. The van der Waals surface area contributed by atoms with Gasteiger partial charge in [0.1, 0.15) is 0 Å². The maximum absolute atomic E-state index is 12.1. The van der Waals surface area contributed by atoms with Gasteiger partial charge in [-0.2, -0.15) is 0 Å². The van der Waals surface area contributed by atoms with Crippen molar-refractivity contribution in [2.45, 2.75) is 11.3 Å². The first-order valence-corrected chi connectivity index (χ1v) is 9.35. The normalized spacial score (nSPS) is 11.4. The predicted octanol–water partition coefficient (Wildman–Crippen LogP) is 3.05. The lowest BCUT2D eigenvalue weighted by molar-refractivity contribution is -0.120. The summed E-state index contributed by atoms with van der Waals surface area (Å²) in [5, 5.41) is 2.41. The average molecular weight is 375 g/mol. The SMILES string of the molecule is O=C(Cc1cccc2ccccc12)NNS(=O)(=O)c1ccc(Cl)cc1. The van der Waals surface area contributed by atoms with Gasteiger partial charge in [-0.15, -0.1) is 4.83 Å². The summed E-state index contributed by atoms with van der Waals surface area (Å²) in [5.74, 6) is -0.450. The van der Waals surface area contributed by atoms with E-state index < -0.39 is 15.9 Å². The molecule has 0 saturated carbocycles. The second kappa shape index (κ2) is 7.23. The lowest BCUT2D eigenvalue weighted by Gasteiger charge is -2.10. The van der Waals surface area contributed by atoms with Crippen molar-refractivity contribution in [3.05, 3.63) is 77.3 Å². The van der Waals surface area contributed by atoms with Crippen LogP contribution < -0.4 is 10.3 Å². The number of carbonyl (C=O) groups is 1. The number of fused-ring (bicyclic) bond motifs is 1. The highest BCUT2D eigenvalue weighted by atomic mass is 35.5. The first-order chi connectivity index (χ1) is 12.0. The highest BCUT2D eigenvalue weighted by Crippen LogP contribution is 2.19. The Balaban J connectivity index is 1.69. The van der Waals surface area contributed by atoms with E-state index >= 15 is 0 Å². The van der Waals surface area contributed by atoms with Gasteiger partial charge < -0.3 is 0 Å². The lowest BCUT2D eigenvalue weighted by Crippen LogP contribution is -2.42. The molecule has 0 atom stereocenters. The number of rotatable bonds is 5. The van der Waals surface area contributed by atoms with Gasteiger partial charge in [-0.3, -0.25) is 10.2 Å². The molecule has 25 heavy (non-hydrogen) atoms. The number of hydrogen-bond donors (Lipinski definition) is 2. The molecule has 0 fully saturated rings. The van der Waals surface area contributed by atoms with Crippen molar-refractivity contribution >= 4 is 38.3 Å². The van der Waals surface area contributed by atoms with Crippen molar-refractivity contribution in [1.82, 2.24) is 10.3 Å². The van der Waals surface area contributed by atoms with Crippen molar-refractivity contribution in [2.75, 3.05) is 0 Å². The van der Waals surface area contributed by atoms with Crippen LogP contribution in [0, 0.1) is 0 Å². The zero-order chi connectivity index (χ0) is 17.9. The Kier molecular flexibility index (Phi) is 5.03. The number of amides is 1. The number of benzene rings is 3. The molecule has 0 aromatic heterocycles. The topological polar surface area (TPSA) is 75.3 Å². The van der Waals surface area contributed by atoms with E-state index in [1.54, 1.807) is 0 Å². The molecule has 0 unspecified atom stereocenters. The van der Waals surface area contributed by atoms with Crippen LogP contribution in [0.4, 0.5) is 0 Å². The smallest absolute Gasteiger partial charge is 0.257 e. The lowest BCUT2D eigenvalue weighted by atomic mass is 10.0. The van der Waals surface area contributed by atoms with Crippen LogP contribution in [0.2, 0.25) is 5.02 Å². The molecule has 0 heterocycles. The molecule has 128 valence electrons. The minimum Gasteiger partial charge on any atom is -0.277 e. The Hall–Kier alpha value is -2.41. The van der Waals surface area contributed by atoms with Gasteiger partial charge in [-0.1, -0.05) is 54.1 Å². The third kappa shape index (κ3) is 4.17. The van der Waals surface area contributed by atoms with Crippen LogP contribution >= 0.6 is 11.6 Å². The van der Waals surface area contributed by atoms with Crippen LogP contribution in [0.25, 0.3) is 10.8 Å². The van der Waals surface area contributed by atoms with Gasteiger partial charge in [-0.05, 0) is 40.6 Å². The van der Waals surface area contributed by atoms with Gasteiger partial charge in [0.05, 0.1) is 11.3 Å². The Labute approximate surface area is 150 Å². The Morgan fingerprint density at radius 2 is 1.60 bits per heavy atom. The van der Waals surface area contributed by atoms with Gasteiger partial charge in [0.2, 0.25) is 5.91 Å². The number of sulfonamides is 1. The van der Waals surface area contributed by atoms with Crippen LogP contribution in [-0.2, 0) is 21.2 Å². The standard InChI is InChI=1S/C18H15ClN2O3S/c19-15-8-10-16(11-9-15)25(23,24)21-20-18(22)12-14-6-3-5-13-4-1-2-7-17(13)14/h1-11,21H,12H2,(H,20,22). The summed E-state index contributed by atoms with van der Waals surface area (Å²) >= 11 is 5.74. The van der Waals surface area contributed by atoms with Crippen LogP contribution in [0.5, 0.6) is 0 Å². The second-order valence-electron chi connectivity index (χ2n) is 5.42. The molecule has 1 amide bonds. The van der Waals surface area contributed by atoms with E-state index in [9.17, 15) is 13.2 Å². The molecule has 0 aliphatic rings. The van der Waals surface area contributed by atoms with Crippen LogP contribution in [-0.4, -0.2) is 14.3 Å². The Bertz CT molecular complexity index is 1010. The van der Waals surface area contributed by atoms with E-state index in [4.69, 9.17) is 11.6 Å². The average Bonchev–Trinajstić information content (AvgIpc) is 2.61.